The molecule has 2 aromatic carbocycles. The van der Waals surface area contributed by atoms with Gasteiger partial charge in [0.15, 0.2) is 0 Å². The number of para-hydroxylation sites is 3. The highest BCUT2D eigenvalue weighted by Gasteiger charge is 2.07. The van der Waals surface area contributed by atoms with Crippen molar-refractivity contribution in [1.29, 1.82) is 0 Å². The minimum atomic E-state index is -0.0399. The van der Waals surface area contributed by atoms with E-state index in [4.69, 9.17) is 9.47 Å². The van der Waals surface area contributed by atoms with Crippen LogP contribution in [0.4, 0.5) is 5.69 Å². The highest BCUT2D eigenvalue weighted by molar-refractivity contribution is 7.99. The summed E-state index contributed by atoms with van der Waals surface area (Å²) in [5.74, 6) is 2.65. The summed E-state index contributed by atoms with van der Waals surface area (Å²) in [7, 11) is 0. The molecular weight excluding hydrogens is 310 g/mol. The van der Waals surface area contributed by atoms with E-state index in [0.717, 1.165) is 11.5 Å². The molecule has 0 spiro atoms. The maximum atomic E-state index is 12.0. The van der Waals surface area contributed by atoms with Gasteiger partial charge in [-0.1, -0.05) is 30.3 Å². The van der Waals surface area contributed by atoms with Crippen molar-refractivity contribution < 1.29 is 14.3 Å². The van der Waals surface area contributed by atoms with Gasteiger partial charge in [0.1, 0.15) is 11.5 Å². The third kappa shape index (κ3) is 6.24. The molecule has 0 heterocycles. The third-order valence-corrected chi connectivity index (χ3v) is 3.86. The summed E-state index contributed by atoms with van der Waals surface area (Å²) in [6.45, 7) is 3.07. The Bertz CT molecular complexity index is 604. The number of nitrogens with one attached hydrogen (secondary N) is 1. The van der Waals surface area contributed by atoms with E-state index in [-0.39, 0.29) is 5.91 Å². The van der Waals surface area contributed by atoms with Gasteiger partial charge in [-0.2, -0.15) is 0 Å². The summed E-state index contributed by atoms with van der Waals surface area (Å²) < 4.78 is 11.1. The molecule has 0 fully saturated rings. The molecule has 0 aliphatic heterocycles. The fourth-order valence-corrected chi connectivity index (χ4v) is 2.54. The van der Waals surface area contributed by atoms with Crippen molar-refractivity contribution in [1.82, 2.24) is 0 Å². The molecule has 0 aliphatic rings. The van der Waals surface area contributed by atoms with Gasteiger partial charge < -0.3 is 14.8 Å². The number of hydrogen-bond acceptors (Lipinski definition) is 4. The molecule has 0 saturated heterocycles. The molecule has 1 N–H and O–H groups in total. The fourth-order valence-electron chi connectivity index (χ4n) is 1.94. The van der Waals surface area contributed by atoms with Gasteiger partial charge in [-0.25, -0.2) is 0 Å². The van der Waals surface area contributed by atoms with E-state index in [9.17, 15) is 4.79 Å². The molecule has 0 atom stereocenters. The second-order valence-corrected chi connectivity index (χ2v) is 5.80. The molecule has 2 rings (SSSR count). The number of ether oxygens (including phenoxy) is 2. The second kappa shape index (κ2) is 9.79. The molecule has 0 saturated carbocycles. The zero-order valence-corrected chi connectivity index (χ0v) is 14.0. The van der Waals surface area contributed by atoms with Crippen molar-refractivity contribution >= 4 is 23.4 Å². The molecule has 1 amide bonds. The van der Waals surface area contributed by atoms with E-state index in [2.05, 4.69) is 5.32 Å². The highest BCUT2D eigenvalue weighted by atomic mass is 32.2. The lowest BCUT2D eigenvalue weighted by Crippen LogP contribution is -2.16. The Kier molecular flexibility index (Phi) is 7.33. The molecule has 0 aromatic heterocycles. The quantitative estimate of drug-likeness (QED) is 0.709. The van der Waals surface area contributed by atoms with Crippen molar-refractivity contribution in [2.24, 2.45) is 0 Å². The number of amides is 1. The van der Waals surface area contributed by atoms with Crippen LogP contribution in [0.3, 0.4) is 0 Å². The van der Waals surface area contributed by atoms with E-state index < -0.39 is 0 Å². The van der Waals surface area contributed by atoms with Gasteiger partial charge in [0.25, 0.3) is 0 Å². The molecule has 2 aromatic rings. The lowest BCUT2D eigenvalue weighted by molar-refractivity contribution is -0.113. The fraction of sp³-hybridized carbons (Fsp3) is 0.278. The van der Waals surface area contributed by atoms with E-state index in [0.29, 0.717) is 30.4 Å². The second-order valence-electron chi connectivity index (χ2n) is 4.69. The molecule has 23 heavy (non-hydrogen) atoms. The van der Waals surface area contributed by atoms with Crippen molar-refractivity contribution in [2.75, 3.05) is 30.0 Å². The van der Waals surface area contributed by atoms with Gasteiger partial charge >= 0.3 is 0 Å². The van der Waals surface area contributed by atoms with Gasteiger partial charge in [-0.15, -0.1) is 11.8 Å². The average molecular weight is 331 g/mol. The first kappa shape index (κ1) is 17.2. The van der Waals surface area contributed by atoms with Crippen LogP contribution in [0.15, 0.2) is 54.6 Å². The summed E-state index contributed by atoms with van der Waals surface area (Å²) in [5, 5.41) is 2.88. The lowest BCUT2D eigenvalue weighted by atomic mass is 10.3. The van der Waals surface area contributed by atoms with Crippen LogP contribution in [0.2, 0.25) is 0 Å². The van der Waals surface area contributed by atoms with Crippen LogP contribution in [0.5, 0.6) is 11.5 Å². The van der Waals surface area contributed by atoms with Crippen LogP contribution in [-0.2, 0) is 4.79 Å². The maximum absolute atomic E-state index is 12.0. The minimum Gasteiger partial charge on any atom is -0.493 e. The Balaban J connectivity index is 1.67. The number of rotatable bonds is 9. The van der Waals surface area contributed by atoms with Gasteiger partial charge in [0, 0.05) is 5.75 Å². The molecule has 0 bridgehead atoms. The van der Waals surface area contributed by atoms with Crippen LogP contribution in [0, 0.1) is 0 Å². The van der Waals surface area contributed by atoms with Gasteiger partial charge in [0.05, 0.1) is 24.7 Å². The molecule has 5 heteroatoms. The molecular formula is C18H21NO3S. The Morgan fingerprint density at radius 2 is 1.78 bits per heavy atom. The number of benzene rings is 2. The lowest BCUT2D eigenvalue weighted by Gasteiger charge is -2.11. The molecule has 0 radical (unpaired) electrons. The zero-order valence-electron chi connectivity index (χ0n) is 13.2. The monoisotopic (exact) mass is 331 g/mol. The summed E-state index contributed by atoms with van der Waals surface area (Å²) in [5.41, 5.74) is 0.709. The van der Waals surface area contributed by atoms with Crippen LogP contribution in [0.25, 0.3) is 0 Å². The highest BCUT2D eigenvalue weighted by Crippen LogP contribution is 2.23. The SMILES string of the molecule is CCOc1ccccc1NC(=O)CSCCOc1ccccc1. The van der Waals surface area contributed by atoms with Gasteiger partial charge in [-0.05, 0) is 31.2 Å². The predicted octanol–water partition coefficient (Wildman–Crippen LogP) is 3.84. The van der Waals surface area contributed by atoms with Crippen molar-refractivity contribution in [3.8, 4) is 11.5 Å². The molecule has 4 nitrogen and oxygen atoms in total. The topological polar surface area (TPSA) is 47.6 Å². The number of thioether (sulfide) groups is 1. The Morgan fingerprint density at radius 1 is 1.04 bits per heavy atom. The number of hydrogen-bond donors (Lipinski definition) is 1. The summed E-state index contributed by atoms with van der Waals surface area (Å²) in [6, 6.07) is 17.1. The van der Waals surface area contributed by atoms with E-state index in [1.165, 1.54) is 0 Å². The Hall–Kier alpha value is -2.14. The molecule has 122 valence electrons. The summed E-state index contributed by atoms with van der Waals surface area (Å²) >= 11 is 1.54. The number of anilines is 1. The smallest absolute Gasteiger partial charge is 0.234 e. The van der Waals surface area contributed by atoms with Gasteiger partial charge in [-0.3, -0.25) is 4.79 Å². The first-order valence-corrected chi connectivity index (χ1v) is 8.72. The zero-order chi connectivity index (χ0) is 16.3. The summed E-state index contributed by atoms with van der Waals surface area (Å²) in [6.07, 6.45) is 0. The van der Waals surface area contributed by atoms with Crippen LogP contribution < -0.4 is 14.8 Å². The van der Waals surface area contributed by atoms with Crippen LogP contribution in [-0.4, -0.2) is 30.6 Å². The molecule has 0 aliphatic carbocycles. The van der Waals surface area contributed by atoms with Crippen molar-refractivity contribution in [3.05, 3.63) is 54.6 Å². The van der Waals surface area contributed by atoms with Crippen molar-refractivity contribution in [2.45, 2.75) is 6.92 Å². The predicted molar refractivity (Wildman–Crippen MR) is 95.5 cm³/mol. The van der Waals surface area contributed by atoms with Crippen molar-refractivity contribution in [3.63, 3.8) is 0 Å². The standard InChI is InChI=1S/C18H21NO3S/c1-2-21-17-11-7-6-10-16(17)19-18(20)14-23-13-12-22-15-8-4-3-5-9-15/h3-11H,2,12-14H2,1H3,(H,19,20). The Morgan fingerprint density at radius 3 is 2.57 bits per heavy atom. The maximum Gasteiger partial charge on any atom is 0.234 e. The van der Waals surface area contributed by atoms with E-state index in [1.54, 1.807) is 11.8 Å². The van der Waals surface area contributed by atoms with Crippen LogP contribution >= 0.6 is 11.8 Å². The summed E-state index contributed by atoms with van der Waals surface area (Å²) in [4.78, 5) is 12.0. The van der Waals surface area contributed by atoms with E-state index in [1.807, 2.05) is 61.5 Å². The molecule has 0 unspecified atom stereocenters. The largest absolute Gasteiger partial charge is 0.493 e. The normalized spacial score (nSPS) is 10.1. The first-order chi connectivity index (χ1) is 11.3. The van der Waals surface area contributed by atoms with Crippen LogP contribution in [0.1, 0.15) is 6.92 Å². The number of carbonyl (C=O) groups excluding carboxylic acids is 1. The Labute approximate surface area is 141 Å². The first-order valence-electron chi connectivity index (χ1n) is 7.57. The average Bonchev–Trinajstić information content (AvgIpc) is 2.57. The third-order valence-electron chi connectivity index (χ3n) is 2.93. The minimum absolute atomic E-state index is 0.0399. The number of carbonyl (C=O) groups is 1. The van der Waals surface area contributed by atoms with Gasteiger partial charge in [0.2, 0.25) is 5.91 Å². The van der Waals surface area contributed by atoms with E-state index >= 15 is 0 Å².